The van der Waals surface area contributed by atoms with Crippen LogP contribution in [0.15, 0.2) is 30.3 Å². The molecule has 2 aromatic rings. The molecular weight excluding hydrogens is 258 g/mol. The largest absolute Gasteiger partial charge is 0.481 e. The second-order valence-electron chi connectivity index (χ2n) is 4.52. The summed E-state index contributed by atoms with van der Waals surface area (Å²) in [6.07, 6.45) is -0.414. The first-order chi connectivity index (χ1) is 9.47. The first kappa shape index (κ1) is 14.0. The second-order valence-corrected chi connectivity index (χ2v) is 4.52. The van der Waals surface area contributed by atoms with Crippen molar-refractivity contribution in [1.29, 1.82) is 0 Å². The zero-order valence-corrected chi connectivity index (χ0v) is 11.0. The van der Waals surface area contributed by atoms with Gasteiger partial charge in [0, 0.05) is 11.1 Å². The lowest BCUT2D eigenvalue weighted by Crippen LogP contribution is -2.37. The van der Waals surface area contributed by atoms with Crippen molar-refractivity contribution in [2.24, 2.45) is 5.73 Å². The Morgan fingerprint density at radius 2 is 2.10 bits per heavy atom. The van der Waals surface area contributed by atoms with E-state index in [1.807, 2.05) is 25.1 Å². The number of amides is 1. The smallest absolute Gasteiger partial charge is 0.305 e. The van der Waals surface area contributed by atoms with Crippen LogP contribution in [0, 0.1) is 6.92 Å². The molecule has 0 spiro atoms. The molecule has 0 fully saturated rings. The van der Waals surface area contributed by atoms with Crippen LogP contribution in [0.5, 0.6) is 0 Å². The number of fused-ring (bicyclic) bond motifs is 1. The molecule has 0 aliphatic rings. The number of nitrogens with one attached hydrogen (secondary N) is 1. The number of hydrogen-bond donors (Lipinski definition) is 3. The minimum Gasteiger partial charge on any atom is -0.481 e. The van der Waals surface area contributed by atoms with Gasteiger partial charge in [-0.15, -0.1) is 0 Å². The zero-order valence-electron chi connectivity index (χ0n) is 11.0. The molecule has 0 saturated carbocycles. The van der Waals surface area contributed by atoms with Gasteiger partial charge in [-0.3, -0.25) is 14.6 Å². The number of para-hydroxylation sites is 1. The summed E-state index contributed by atoms with van der Waals surface area (Å²) in [4.78, 5) is 26.8. The molecule has 2 rings (SSSR count). The third-order valence-electron chi connectivity index (χ3n) is 2.85. The number of nitrogens with zero attached hydrogens (tertiary/aromatic N) is 1. The van der Waals surface area contributed by atoms with Gasteiger partial charge in [-0.2, -0.15) is 0 Å². The standard InChI is InChI=1S/C14H15N3O3/c1-8-5-6-9-3-2-4-11(13(9)16-8)17-14(20)10(15)7-12(18)19/h2-6,10H,7,15H2,1H3,(H,17,20)(H,18,19). The van der Waals surface area contributed by atoms with Gasteiger partial charge in [0.25, 0.3) is 0 Å². The quantitative estimate of drug-likeness (QED) is 0.778. The number of rotatable bonds is 4. The van der Waals surface area contributed by atoms with E-state index in [4.69, 9.17) is 10.8 Å². The first-order valence-electron chi connectivity index (χ1n) is 6.12. The summed E-state index contributed by atoms with van der Waals surface area (Å²) >= 11 is 0. The van der Waals surface area contributed by atoms with Crippen LogP contribution in [-0.4, -0.2) is 28.0 Å². The average Bonchev–Trinajstić information content (AvgIpc) is 2.38. The van der Waals surface area contributed by atoms with Crippen LogP contribution in [0.3, 0.4) is 0 Å². The summed E-state index contributed by atoms with van der Waals surface area (Å²) in [5.41, 5.74) is 7.54. The number of carbonyl (C=O) groups is 2. The molecule has 6 nitrogen and oxygen atoms in total. The first-order valence-corrected chi connectivity index (χ1v) is 6.12. The van der Waals surface area contributed by atoms with Crippen LogP contribution in [0.1, 0.15) is 12.1 Å². The zero-order chi connectivity index (χ0) is 14.7. The Kier molecular flexibility index (Phi) is 3.95. The molecule has 1 atom stereocenters. The van der Waals surface area contributed by atoms with E-state index >= 15 is 0 Å². The highest BCUT2D eigenvalue weighted by molar-refractivity contribution is 6.03. The van der Waals surface area contributed by atoms with Crippen LogP contribution in [0.2, 0.25) is 0 Å². The lowest BCUT2D eigenvalue weighted by molar-refractivity contribution is -0.138. The van der Waals surface area contributed by atoms with Gasteiger partial charge in [0.2, 0.25) is 5.91 Å². The van der Waals surface area contributed by atoms with Crippen molar-refractivity contribution in [2.45, 2.75) is 19.4 Å². The van der Waals surface area contributed by atoms with Crippen molar-refractivity contribution in [3.8, 4) is 0 Å². The van der Waals surface area contributed by atoms with Crippen molar-refractivity contribution in [2.75, 3.05) is 5.32 Å². The Labute approximate surface area is 115 Å². The Balaban J connectivity index is 2.27. The Morgan fingerprint density at radius 3 is 2.80 bits per heavy atom. The minimum absolute atomic E-state index is 0.414. The molecule has 20 heavy (non-hydrogen) atoms. The predicted molar refractivity (Wildman–Crippen MR) is 75.3 cm³/mol. The molecule has 1 aromatic heterocycles. The fourth-order valence-corrected chi connectivity index (χ4v) is 1.85. The average molecular weight is 273 g/mol. The monoisotopic (exact) mass is 273 g/mol. The summed E-state index contributed by atoms with van der Waals surface area (Å²) in [7, 11) is 0. The Bertz CT molecular complexity index is 670. The summed E-state index contributed by atoms with van der Waals surface area (Å²) in [6, 6.07) is 8.08. The van der Waals surface area contributed by atoms with E-state index in [9.17, 15) is 9.59 Å². The molecule has 104 valence electrons. The molecule has 0 bridgehead atoms. The van der Waals surface area contributed by atoms with Crippen molar-refractivity contribution in [3.63, 3.8) is 0 Å². The third-order valence-corrected chi connectivity index (χ3v) is 2.85. The number of nitrogens with two attached hydrogens (primary N) is 1. The number of carboxylic acid groups (broad SMARTS) is 1. The van der Waals surface area contributed by atoms with E-state index in [-0.39, 0.29) is 0 Å². The van der Waals surface area contributed by atoms with Crippen molar-refractivity contribution in [3.05, 3.63) is 36.0 Å². The predicted octanol–water partition coefficient (Wildman–Crippen LogP) is 1.28. The van der Waals surface area contributed by atoms with Gasteiger partial charge < -0.3 is 16.2 Å². The molecule has 0 saturated heterocycles. The van der Waals surface area contributed by atoms with Crippen LogP contribution in [0.25, 0.3) is 10.9 Å². The van der Waals surface area contributed by atoms with E-state index in [0.717, 1.165) is 11.1 Å². The van der Waals surface area contributed by atoms with E-state index < -0.39 is 24.3 Å². The van der Waals surface area contributed by atoms with Gasteiger partial charge in [0.15, 0.2) is 0 Å². The third kappa shape index (κ3) is 3.10. The van der Waals surface area contributed by atoms with Gasteiger partial charge in [0.1, 0.15) is 0 Å². The normalized spacial score (nSPS) is 12.1. The lowest BCUT2D eigenvalue weighted by Gasteiger charge is -2.12. The number of aromatic nitrogens is 1. The van der Waals surface area contributed by atoms with Crippen LogP contribution >= 0.6 is 0 Å². The molecule has 0 aliphatic carbocycles. The van der Waals surface area contributed by atoms with Crippen molar-refractivity contribution < 1.29 is 14.7 Å². The van der Waals surface area contributed by atoms with Gasteiger partial charge in [0.05, 0.1) is 23.7 Å². The molecule has 6 heteroatoms. The molecular formula is C14H15N3O3. The van der Waals surface area contributed by atoms with Crippen LogP contribution in [-0.2, 0) is 9.59 Å². The van der Waals surface area contributed by atoms with E-state index in [2.05, 4.69) is 10.3 Å². The second kappa shape index (κ2) is 5.66. The number of carboxylic acids is 1. The Hall–Kier alpha value is -2.47. The summed E-state index contributed by atoms with van der Waals surface area (Å²) in [5, 5.41) is 12.2. The molecule has 1 amide bonds. The fourth-order valence-electron chi connectivity index (χ4n) is 1.85. The van der Waals surface area contributed by atoms with Crippen molar-refractivity contribution >= 4 is 28.5 Å². The summed E-state index contributed by atoms with van der Waals surface area (Å²) < 4.78 is 0. The van der Waals surface area contributed by atoms with Gasteiger partial charge in [-0.05, 0) is 19.1 Å². The lowest BCUT2D eigenvalue weighted by atomic mass is 10.1. The Morgan fingerprint density at radius 1 is 1.35 bits per heavy atom. The fraction of sp³-hybridized carbons (Fsp3) is 0.214. The number of benzene rings is 1. The maximum Gasteiger partial charge on any atom is 0.305 e. The molecule has 4 N–H and O–H groups in total. The van der Waals surface area contributed by atoms with Crippen LogP contribution in [0.4, 0.5) is 5.69 Å². The molecule has 1 aromatic carbocycles. The number of hydrogen-bond acceptors (Lipinski definition) is 4. The number of anilines is 1. The van der Waals surface area contributed by atoms with E-state index in [0.29, 0.717) is 11.2 Å². The molecule has 1 unspecified atom stereocenters. The molecule has 1 heterocycles. The van der Waals surface area contributed by atoms with E-state index in [1.165, 1.54) is 0 Å². The SMILES string of the molecule is Cc1ccc2cccc(NC(=O)C(N)CC(=O)O)c2n1. The van der Waals surface area contributed by atoms with E-state index in [1.54, 1.807) is 12.1 Å². The van der Waals surface area contributed by atoms with Gasteiger partial charge in [-0.1, -0.05) is 18.2 Å². The highest BCUT2D eigenvalue weighted by Gasteiger charge is 2.18. The summed E-state index contributed by atoms with van der Waals surface area (Å²) in [6.45, 7) is 1.86. The van der Waals surface area contributed by atoms with Gasteiger partial charge in [-0.25, -0.2) is 0 Å². The maximum absolute atomic E-state index is 11.8. The highest BCUT2D eigenvalue weighted by atomic mass is 16.4. The topological polar surface area (TPSA) is 105 Å². The highest BCUT2D eigenvalue weighted by Crippen LogP contribution is 2.21. The number of aryl methyl sites for hydroxylation is 1. The number of carbonyl (C=O) groups excluding carboxylic acids is 1. The number of aliphatic carboxylic acids is 1. The molecule has 0 aliphatic heterocycles. The van der Waals surface area contributed by atoms with Crippen LogP contribution < -0.4 is 11.1 Å². The van der Waals surface area contributed by atoms with Crippen molar-refractivity contribution in [1.82, 2.24) is 4.98 Å². The minimum atomic E-state index is -1.11. The molecule has 0 radical (unpaired) electrons. The number of pyridine rings is 1. The summed E-state index contributed by atoms with van der Waals surface area (Å²) in [5.74, 6) is -1.65. The van der Waals surface area contributed by atoms with Gasteiger partial charge >= 0.3 is 5.97 Å². The maximum atomic E-state index is 11.8.